The molecular formula is C38H66O3. The first-order valence-corrected chi connectivity index (χ1v) is 16.9. The van der Waals surface area contributed by atoms with Crippen LogP contribution < -0.4 is 0 Å². The maximum Gasteiger partial charge on any atom is 0.163 e. The molecule has 0 spiro atoms. The summed E-state index contributed by atoms with van der Waals surface area (Å²) in [4.78, 5) is 38.0. The van der Waals surface area contributed by atoms with Gasteiger partial charge in [0.05, 0.1) is 6.42 Å². The van der Waals surface area contributed by atoms with E-state index in [2.05, 4.69) is 82.2 Å². The number of Topliss-reactive ketones (excluding diaryl/α,β-unsaturated/α-hetero) is 3. The van der Waals surface area contributed by atoms with Crippen LogP contribution in [0.4, 0.5) is 0 Å². The van der Waals surface area contributed by atoms with E-state index in [9.17, 15) is 14.4 Å². The van der Waals surface area contributed by atoms with Gasteiger partial charge < -0.3 is 0 Å². The van der Waals surface area contributed by atoms with Crippen molar-refractivity contribution in [3.05, 3.63) is 33.9 Å². The molecule has 1 aromatic rings. The number of benzene rings is 1. The molecule has 3 heteroatoms. The Kier molecular flexibility index (Phi) is 19.3. The van der Waals surface area contributed by atoms with Crippen molar-refractivity contribution in [1.82, 2.24) is 0 Å². The number of aryl methyl sites for hydroxylation is 2. The van der Waals surface area contributed by atoms with E-state index in [4.69, 9.17) is 0 Å². The second-order valence-corrected chi connectivity index (χ2v) is 13.7. The van der Waals surface area contributed by atoms with E-state index in [-0.39, 0.29) is 35.7 Å². The molecule has 0 heterocycles. The van der Waals surface area contributed by atoms with E-state index < -0.39 is 0 Å². The van der Waals surface area contributed by atoms with Gasteiger partial charge in [0.25, 0.3) is 0 Å². The highest BCUT2D eigenvalue weighted by atomic mass is 16.1. The number of hydrogen-bond donors (Lipinski definition) is 0. The predicted octanol–water partition coefficient (Wildman–Crippen LogP) is 10.9. The summed E-state index contributed by atoms with van der Waals surface area (Å²) in [5, 5.41) is 0. The number of fused-ring (bicyclic) bond motifs is 1. The number of ketones is 3. The monoisotopic (exact) mass is 571 g/mol. The standard InChI is InChI=1S/C32H50O3.2C3H8/c1-9-13-26(27(11-3)29(34)16-21(4)33)17-23-18-28-24(10-2)20-25(14-12-15-32(6,7)8)22(5)31(28)30(35)19-23;2*1-3-2/h20,23,26-27H,9-19H2,1-8H3;2*3H2,1-2H3. The molecule has 0 N–H and O–H groups in total. The predicted molar refractivity (Wildman–Crippen MR) is 178 cm³/mol. The van der Waals surface area contributed by atoms with Crippen molar-refractivity contribution in [2.24, 2.45) is 23.2 Å². The van der Waals surface area contributed by atoms with E-state index in [1.54, 1.807) is 0 Å². The van der Waals surface area contributed by atoms with Gasteiger partial charge in [-0.25, -0.2) is 0 Å². The molecule has 1 aliphatic rings. The maximum atomic E-state index is 13.5. The summed E-state index contributed by atoms with van der Waals surface area (Å²) in [6, 6.07) is 2.38. The van der Waals surface area contributed by atoms with E-state index in [0.717, 1.165) is 56.9 Å². The molecule has 1 aromatic carbocycles. The van der Waals surface area contributed by atoms with Crippen LogP contribution in [-0.2, 0) is 28.9 Å². The first-order valence-electron chi connectivity index (χ1n) is 16.9. The van der Waals surface area contributed by atoms with Crippen LogP contribution in [0.15, 0.2) is 6.07 Å². The van der Waals surface area contributed by atoms with Crippen LogP contribution in [0.5, 0.6) is 0 Å². The van der Waals surface area contributed by atoms with Crippen LogP contribution in [-0.4, -0.2) is 17.3 Å². The topological polar surface area (TPSA) is 51.2 Å². The lowest BCUT2D eigenvalue weighted by atomic mass is 9.70. The summed E-state index contributed by atoms with van der Waals surface area (Å²) in [7, 11) is 0. The van der Waals surface area contributed by atoms with E-state index in [1.807, 2.05) is 0 Å². The highest BCUT2D eigenvalue weighted by Crippen LogP contribution is 2.39. The van der Waals surface area contributed by atoms with Crippen LogP contribution >= 0.6 is 0 Å². The van der Waals surface area contributed by atoms with Crippen molar-refractivity contribution in [3.8, 4) is 0 Å². The first kappa shape index (κ1) is 39.2. The fraction of sp³-hybridized carbons (Fsp3) is 0.763. The Morgan fingerprint density at radius 3 is 2.00 bits per heavy atom. The minimum Gasteiger partial charge on any atom is -0.300 e. The lowest BCUT2D eigenvalue weighted by molar-refractivity contribution is -0.129. The first-order chi connectivity index (χ1) is 19.2. The highest BCUT2D eigenvalue weighted by Gasteiger charge is 2.34. The number of rotatable bonds is 13. The third kappa shape index (κ3) is 13.8. The van der Waals surface area contributed by atoms with Gasteiger partial charge in [0.1, 0.15) is 11.6 Å². The molecule has 0 aliphatic heterocycles. The zero-order chi connectivity index (χ0) is 31.8. The molecule has 3 nitrogen and oxygen atoms in total. The maximum absolute atomic E-state index is 13.5. The highest BCUT2D eigenvalue weighted by molar-refractivity contribution is 6.01. The van der Waals surface area contributed by atoms with Gasteiger partial charge in [-0.2, -0.15) is 0 Å². The van der Waals surface area contributed by atoms with Crippen LogP contribution in [0.2, 0.25) is 0 Å². The van der Waals surface area contributed by atoms with Crippen molar-refractivity contribution in [1.29, 1.82) is 0 Å². The lowest BCUT2D eigenvalue weighted by Gasteiger charge is -2.33. The van der Waals surface area contributed by atoms with Crippen molar-refractivity contribution >= 4 is 17.3 Å². The van der Waals surface area contributed by atoms with Crippen LogP contribution in [0.1, 0.15) is 173 Å². The quantitative estimate of drug-likeness (QED) is 0.222. The zero-order valence-corrected chi connectivity index (χ0v) is 29.2. The third-order valence-electron chi connectivity index (χ3n) is 8.04. The van der Waals surface area contributed by atoms with Gasteiger partial charge in [-0.05, 0) is 98.3 Å². The molecule has 3 unspecified atom stereocenters. The third-order valence-corrected chi connectivity index (χ3v) is 8.04. The van der Waals surface area contributed by atoms with Crippen molar-refractivity contribution in [2.75, 3.05) is 0 Å². The Bertz CT molecular complexity index is 932. The number of carbonyl (C=O) groups excluding carboxylic acids is 3. The van der Waals surface area contributed by atoms with Crippen molar-refractivity contribution < 1.29 is 14.4 Å². The molecule has 236 valence electrons. The summed E-state index contributed by atoms with van der Waals surface area (Å²) in [6.45, 7) is 25.4. The van der Waals surface area contributed by atoms with E-state index in [1.165, 1.54) is 48.4 Å². The molecular weight excluding hydrogens is 504 g/mol. The molecule has 0 aromatic heterocycles. The molecule has 0 radical (unpaired) electrons. The summed E-state index contributed by atoms with van der Waals surface area (Å²) >= 11 is 0. The van der Waals surface area contributed by atoms with Crippen LogP contribution in [0, 0.1) is 30.1 Å². The van der Waals surface area contributed by atoms with Gasteiger partial charge in [-0.15, -0.1) is 0 Å². The molecule has 0 fully saturated rings. The lowest BCUT2D eigenvalue weighted by Crippen LogP contribution is -2.30. The molecule has 41 heavy (non-hydrogen) atoms. The molecule has 0 saturated carbocycles. The minimum atomic E-state index is -0.0760. The molecule has 2 rings (SSSR count). The Balaban J connectivity index is 0.00000244. The smallest absolute Gasteiger partial charge is 0.163 e. The average Bonchev–Trinajstić information content (AvgIpc) is 2.85. The Morgan fingerprint density at radius 1 is 0.951 bits per heavy atom. The SMILES string of the molecule is CCC.CCC.CCCC(CC1CC(=O)c2c(C)c(CCCC(C)(C)C)cc(CC)c2C1)C(CC)C(=O)CC(C)=O. The second-order valence-electron chi connectivity index (χ2n) is 13.7. The normalized spacial score (nSPS) is 16.0. The van der Waals surface area contributed by atoms with Crippen molar-refractivity contribution in [2.45, 2.75) is 167 Å². The Labute approximate surface area is 255 Å². The summed E-state index contributed by atoms with van der Waals surface area (Å²) in [5.41, 5.74) is 6.48. The van der Waals surface area contributed by atoms with Gasteiger partial charge in [0.2, 0.25) is 0 Å². The zero-order valence-electron chi connectivity index (χ0n) is 29.2. The molecule has 1 aliphatic carbocycles. The molecule has 0 bridgehead atoms. The van der Waals surface area contributed by atoms with Crippen LogP contribution in [0.3, 0.4) is 0 Å². The number of carbonyl (C=O) groups is 3. The average molecular weight is 571 g/mol. The van der Waals surface area contributed by atoms with Gasteiger partial charge in [0.15, 0.2) is 5.78 Å². The fourth-order valence-electron chi connectivity index (χ4n) is 6.32. The summed E-state index contributed by atoms with van der Waals surface area (Å²) < 4.78 is 0. The van der Waals surface area contributed by atoms with Crippen molar-refractivity contribution in [3.63, 3.8) is 0 Å². The van der Waals surface area contributed by atoms with Crippen LogP contribution in [0.25, 0.3) is 0 Å². The Morgan fingerprint density at radius 2 is 1.54 bits per heavy atom. The molecule has 0 saturated heterocycles. The minimum absolute atomic E-state index is 0.0440. The molecule has 3 atom stereocenters. The van der Waals surface area contributed by atoms with Gasteiger partial charge in [0, 0.05) is 17.9 Å². The van der Waals surface area contributed by atoms with Gasteiger partial charge in [-0.1, -0.05) is 101 Å². The second kappa shape index (κ2) is 20.2. The Hall–Kier alpha value is -1.77. The largest absolute Gasteiger partial charge is 0.300 e. The molecule has 0 amide bonds. The van der Waals surface area contributed by atoms with Gasteiger partial charge >= 0.3 is 0 Å². The fourth-order valence-corrected chi connectivity index (χ4v) is 6.32. The van der Waals surface area contributed by atoms with E-state index >= 15 is 0 Å². The van der Waals surface area contributed by atoms with E-state index in [0.29, 0.717) is 17.6 Å². The number of hydrogen-bond acceptors (Lipinski definition) is 3. The summed E-state index contributed by atoms with van der Waals surface area (Å²) in [5.74, 6) is 0.784. The van der Waals surface area contributed by atoms with Gasteiger partial charge in [-0.3, -0.25) is 14.4 Å². The summed E-state index contributed by atoms with van der Waals surface area (Å²) in [6.07, 6.45) is 12.0.